The number of hydrogen-bond donors (Lipinski definition) is 2. The molecule has 1 amide bonds. The summed E-state index contributed by atoms with van der Waals surface area (Å²) in [7, 11) is 0. The average Bonchev–Trinajstić information content (AvgIpc) is 2.78. The molecule has 0 aliphatic carbocycles. The average molecular weight is 233 g/mol. The number of rotatable bonds is 3. The molecule has 4 heteroatoms. The number of nitrogens with zero attached hydrogens (tertiary/aromatic N) is 1. The molecule has 1 aliphatic rings. The Kier molecular flexibility index (Phi) is 3.43. The van der Waals surface area contributed by atoms with Crippen molar-refractivity contribution in [2.75, 3.05) is 11.9 Å². The van der Waals surface area contributed by atoms with E-state index in [0.717, 1.165) is 37.2 Å². The van der Waals surface area contributed by atoms with E-state index in [1.807, 2.05) is 19.1 Å². The quantitative estimate of drug-likeness (QED) is 0.838. The molecule has 2 rings (SSSR count). The summed E-state index contributed by atoms with van der Waals surface area (Å²) < 4.78 is 0. The Hall–Kier alpha value is -1.42. The summed E-state index contributed by atoms with van der Waals surface area (Å²) in [6.45, 7) is 4.89. The molecule has 1 fully saturated rings. The molecule has 1 unspecified atom stereocenters. The van der Waals surface area contributed by atoms with E-state index in [1.54, 1.807) is 6.20 Å². The number of amides is 1. The van der Waals surface area contributed by atoms with Crippen molar-refractivity contribution < 1.29 is 4.79 Å². The van der Waals surface area contributed by atoms with Crippen LogP contribution >= 0.6 is 0 Å². The second-order valence-corrected chi connectivity index (χ2v) is 4.61. The molecule has 0 saturated carbocycles. The van der Waals surface area contributed by atoms with Gasteiger partial charge in [-0.2, -0.15) is 0 Å². The molecule has 1 atom stereocenters. The van der Waals surface area contributed by atoms with Crippen LogP contribution in [0.1, 0.15) is 31.9 Å². The van der Waals surface area contributed by atoms with Crippen molar-refractivity contribution in [1.29, 1.82) is 0 Å². The molecule has 1 aliphatic heterocycles. The van der Waals surface area contributed by atoms with E-state index in [-0.39, 0.29) is 11.4 Å². The van der Waals surface area contributed by atoms with Gasteiger partial charge in [-0.05, 0) is 44.9 Å². The first-order valence-electron chi connectivity index (χ1n) is 6.15. The van der Waals surface area contributed by atoms with Gasteiger partial charge in [0.25, 0.3) is 0 Å². The maximum absolute atomic E-state index is 12.3. The largest absolute Gasteiger partial charge is 0.324 e. The van der Waals surface area contributed by atoms with Crippen molar-refractivity contribution in [1.82, 2.24) is 10.3 Å². The van der Waals surface area contributed by atoms with Crippen molar-refractivity contribution in [2.45, 2.75) is 38.6 Å². The third-order valence-electron chi connectivity index (χ3n) is 3.44. The van der Waals surface area contributed by atoms with Gasteiger partial charge < -0.3 is 10.6 Å². The van der Waals surface area contributed by atoms with Gasteiger partial charge in [-0.1, -0.05) is 6.92 Å². The van der Waals surface area contributed by atoms with Gasteiger partial charge in [0.2, 0.25) is 5.91 Å². The van der Waals surface area contributed by atoms with E-state index in [9.17, 15) is 4.79 Å². The summed E-state index contributed by atoms with van der Waals surface area (Å²) in [6, 6.07) is 3.71. The van der Waals surface area contributed by atoms with Crippen LogP contribution in [-0.2, 0) is 4.79 Å². The van der Waals surface area contributed by atoms with Crippen molar-refractivity contribution in [2.24, 2.45) is 0 Å². The van der Waals surface area contributed by atoms with E-state index in [4.69, 9.17) is 0 Å². The van der Waals surface area contributed by atoms with E-state index in [1.165, 1.54) is 0 Å². The monoisotopic (exact) mass is 233 g/mol. The molecule has 92 valence electrons. The molecule has 17 heavy (non-hydrogen) atoms. The van der Waals surface area contributed by atoms with Crippen molar-refractivity contribution in [3.05, 3.63) is 24.0 Å². The van der Waals surface area contributed by atoms with E-state index in [2.05, 4.69) is 22.5 Å². The van der Waals surface area contributed by atoms with Crippen LogP contribution in [0.2, 0.25) is 0 Å². The van der Waals surface area contributed by atoms with Crippen LogP contribution in [0.15, 0.2) is 18.3 Å². The fourth-order valence-electron chi connectivity index (χ4n) is 2.34. The van der Waals surface area contributed by atoms with Crippen molar-refractivity contribution in [3.63, 3.8) is 0 Å². The minimum absolute atomic E-state index is 0.0723. The zero-order valence-electron chi connectivity index (χ0n) is 10.4. The first kappa shape index (κ1) is 12.0. The Bertz CT molecular complexity index is 411. The zero-order valence-corrected chi connectivity index (χ0v) is 10.4. The number of pyridine rings is 1. The molecule has 0 radical (unpaired) electrons. The summed E-state index contributed by atoms with van der Waals surface area (Å²) in [6.07, 6.45) is 4.52. The Morgan fingerprint density at radius 1 is 1.65 bits per heavy atom. The lowest BCUT2D eigenvalue weighted by Gasteiger charge is -2.26. The van der Waals surface area contributed by atoms with Gasteiger partial charge in [-0.15, -0.1) is 0 Å². The lowest BCUT2D eigenvalue weighted by Crippen LogP contribution is -2.50. The normalized spacial score (nSPS) is 23.6. The molecular weight excluding hydrogens is 214 g/mol. The lowest BCUT2D eigenvalue weighted by molar-refractivity contribution is -0.122. The molecule has 2 N–H and O–H groups in total. The van der Waals surface area contributed by atoms with Gasteiger partial charge in [0.05, 0.1) is 5.54 Å². The molecule has 0 bridgehead atoms. The van der Waals surface area contributed by atoms with Gasteiger partial charge in [0.15, 0.2) is 0 Å². The molecule has 1 aromatic heterocycles. The number of aryl methyl sites for hydroxylation is 1. The van der Waals surface area contributed by atoms with Gasteiger partial charge in [0.1, 0.15) is 0 Å². The number of aromatic nitrogens is 1. The molecule has 0 aromatic carbocycles. The molecular formula is C13H19N3O. The lowest BCUT2D eigenvalue weighted by atomic mass is 9.93. The Labute approximate surface area is 102 Å². The SMILES string of the molecule is CCC1(C(=O)Nc2ccnc(C)c2)CCCN1. The third kappa shape index (κ3) is 2.47. The smallest absolute Gasteiger partial charge is 0.244 e. The third-order valence-corrected chi connectivity index (χ3v) is 3.44. The second kappa shape index (κ2) is 4.84. The summed E-state index contributed by atoms with van der Waals surface area (Å²) in [5, 5.41) is 6.30. The van der Waals surface area contributed by atoms with Crippen LogP contribution in [0.4, 0.5) is 5.69 Å². The summed E-state index contributed by atoms with van der Waals surface area (Å²) in [5.74, 6) is 0.0723. The highest BCUT2D eigenvalue weighted by atomic mass is 16.2. The second-order valence-electron chi connectivity index (χ2n) is 4.61. The van der Waals surface area contributed by atoms with Gasteiger partial charge >= 0.3 is 0 Å². The predicted molar refractivity (Wildman–Crippen MR) is 67.9 cm³/mol. The predicted octanol–water partition coefficient (Wildman–Crippen LogP) is 1.86. The highest BCUT2D eigenvalue weighted by molar-refractivity contribution is 5.98. The first-order valence-corrected chi connectivity index (χ1v) is 6.15. The van der Waals surface area contributed by atoms with Crippen LogP contribution < -0.4 is 10.6 Å². The van der Waals surface area contributed by atoms with E-state index >= 15 is 0 Å². The number of nitrogens with one attached hydrogen (secondary N) is 2. The molecule has 2 heterocycles. The molecule has 1 saturated heterocycles. The number of carbonyl (C=O) groups excluding carboxylic acids is 1. The van der Waals surface area contributed by atoms with Crippen LogP contribution in [0.5, 0.6) is 0 Å². The van der Waals surface area contributed by atoms with Crippen molar-refractivity contribution >= 4 is 11.6 Å². The number of anilines is 1. The maximum Gasteiger partial charge on any atom is 0.244 e. The Morgan fingerprint density at radius 2 is 2.47 bits per heavy atom. The number of carbonyl (C=O) groups is 1. The number of hydrogen-bond acceptors (Lipinski definition) is 3. The van der Waals surface area contributed by atoms with Crippen LogP contribution in [0.3, 0.4) is 0 Å². The maximum atomic E-state index is 12.3. The van der Waals surface area contributed by atoms with Gasteiger partial charge in [-0.25, -0.2) is 0 Å². The van der Waals surface area contributed by atoms with E-state index in [0.29, 0.717) is 0 Å². The highest BCUT2D eigenvalue weighted by Gasteiger charge is 2.38. The molecule has 1 aromatic rings. The van der Waals surface area contributed by atoms with Crippen LogP contribution in [-0.4, -0.2) is 23.0 Å². The Balaban J connectivity index is 2.10. The van der Waals surface area contributed by atoms with Crippen molar-refractivity contribution in [3.8, 4) is 0 Å². The highest BCUT2D eigenvalue weighted by Crippen LogP contribution is 2.24. The fourth-order valence-corrected chi connectivity index (χ4v) is 2.34. The van der Waals surface area contributed by atoms with Gasteiger partial charge in [0, 0.05) is 17.6 Å². The van der Waals surface area contributed by atoms with Crippen LogP contribution in [0.25, 0.3) is 0 Å². The minimum Gasteiger partial charge on any atom is -0.324 e. The minimum atomic E-state index is -0.378. The molecule has 0 spiro atoms. The summed E-state index contributed by atoms with van der Waals surface area (Å²) in [5.41, 5.74) is 1.36. The Morgan fingerprint density at radius 3 is 3.06 bits per heavy atom. The zero-order chi connectivity index (χ0) is 12.3. The summed E-state index contributed by atoms with van der Waals surface area (Å²) in [4.78, 5) is 16.4. The standard InChI is InChI=1S/C13H19N3O/c1-3-13(6-4-7-15-13)12(17)16-11-5-8-14-10(2)9-11/h5,8-9,15H,3-4,6-7H2,1-2H3,(H,14,16,17). The summed E-state index contributed by atoms with van der Waals surface area (Å²) >= 11 is 0. The van der Waals surface area contributed by atoms with E-state index < -0.39 is 0 Å². The topological polar surface area (TPSA) is 54.0 Å². The first-order chi connectivity index (χ1) is 8.16. The van der Waals surface area contributed by atoms with Crippen LogP contribution in [0, 0.1) is 6.92 Å². The van der Waals surface area contributed by atoms with Gasteiger partial charge in [-0.3, -0.25) is 9.78 Å². The fraction of sp³-hybridized carbons (Fsp3) is 0.538. The molecule has 4 nitrogen and oxygen atoms in total.